The Labute approximate surface area is 130 Å². The summed E-state index contributed by atoms with van der Waals surface area (Å²) in [5, 5.41) is 13.7. The number of aliphatic hydroxyl groups excluding tert-OH is 1. The smallest absolute Gasteiger partial charge is 0.0474 e. The highest BCUT2D eigenvalue weighted by atomic mass is 16.3. The monoisotopic (exact) mass is 291 g/mol. The lowest BCUT2D eigenvalue weighted by molar-refractivity contribution is -0.0744. The van der Waals surface area contributed by atoms with Crippen LogP contribution in [0.5, 0.6) is 0 Å². The summed E-state index contributed by atoms with van der Waals surface area (Å²) < 4.78 is 0. The summed E-state index contributed by atoms with van der Waals surface area (Å²) in [6.07, 6.45) is 14.2. The van der Waals surface area contributed by atoms with Crippen molar-refractivity contribution in [3.8, 4) is 0 Å². The second-order valence-electron chi connectivity index (χ2n) is 9.00. The molecule has 0 heterocycles. The Balaban J connectivity index is 1.45. The molecule has 3 unspecified atom stereocenters. The fourth-order valence-electron chi connectivity index (χ4n) is 6.85. The minimum Gasteiger partial charge on any atom is -0.396 e. The highest BCUT2D eigenvalue weighted by Gasteiger charge is 2.53. The molecule has 4 bridgehead atoms. The van der Waals surface area contributed by atoms with Gasteiger partial charge in [-0.25, -0.2) is 0 Å². The van der Waals surface area contributed by atoms with E-state index in [1.54, 1.807) is 0 Å². The van der Waals surface area contributed by atoms with Crippen LogP contribution in [-0.4, -0.2) is 23.8 Å². The molecular formula is C19H33NO. The standard InChI is InChI=1S/C19H33NO/c1-13(20-18-5-3-2-4-17(18)12-21)19-9-14-6-15(10-19)8-16(7-14)11-19/h13-18,20-21H,2-12H2,1H3. The van der Waals surface area contributed by atoms with Crippen LogP contribution in [0, 0.1) is 29.1 Å². The summed E-state index contributed by atoms with van der Waals surface area (Å²) in [6, 6.07) is 1.23. The molecule has 2 nitrogen and oxygen atoms in total. The summed E-state index contributed by atoms with van der Waals surface area (Å²) in [5.41, 5.74) is 0.603. The van der Waals surface area contributed by atoms with E-state index >= 15 is 0 Å². The van der Waals surface area contributed by atoms with Crippen molar-refractivity contribution in [2.75, 3.05) is 6.61 Å². The van der Waals surface area contributed by atoms with E-state index in [1.165, 1.54) is 64.2 Å². The van der Waals surface area contributed by atoms with E-state index in [1.807, 2.05) is 0 Å². The van der Waals surface area contributed by atoms with Crippen molar-refractivity contribution >= 4 is 0 Å². The quantitative estimate of drug-likeness (QED) is 0.827. The molecule has 2 heteroatoms. The Kier molecular flexibility index (Phi) is 3.82. The minimum absolute atomic E-state index is 0.380. The van der Waals surface area contributed by atoms with Gasteiger partial charge in [-0.1, -0.05) is 12.8 Å². The Bertz CT molecular complexity index is 344. The van der Waals surface area contributed by atoms with Crippen LogP contribution in [-0.2, 0) is 0 Å². The number of hydrogen-bond acceptors (Lipinski definition) is 2. The molecule has 0 amide bonds. The van der Waals surface area contributed by atoms with E-state index in [4.69, 9.17) is 0 Å². The third-order valence-electron chi connectivity index (χ3n) is 7.61. The minimum atomic E-state index is 0.380. The molecule has 5 saturated carbocycles. The van der Waals surface area contributed by atoms with Crippen LogP contribution in [0.3, 0.4) is 0 Å². The first-order valence-corrected chi connectivity index (χ1v) is 9.55. The molecule has 0 spiro atoms. The van der Waals surface area contributed by atoms with Crippen LogP contribution in [0.25, 0.3) is 0 Å². The average molecular weight is 291 g/mol. The van der Waals surface area contributed by atoms with Gasteiger partial charge in [-0.05, 0) is 87.4 Å². The van der Waals surface area contributed by atoms with Gasteiger partial charge in [-0.2, -0.15) is 0 Å². The maximum absolute atomic E-state index is 9.67. The Morgan fingerprint density at radius 1 is 1.00 bits per heavy atom. The van der Waals surface area contributed by atoms with E-state index in [-0.39, 0.29) is 0 Å². The van der Waals surface area contributed by atoms with Crippen molar-refractivity contribution in [3.05, 3.63) is 0 Å². The zero-order valence-corrected chi connectivity index (χ0v) is 13.7. The maximum atomic E-state index is 9.67. The Hall–Kier alpha value is -0.0800. The van der Waals surface area contributed by atoms with Crippen LogP contribution in [0.15, 0.2) is 0 Å². The van der Waals surface area contributed by atoms with Gasteiger partial charge in [0.15, 0.2) is 0 Å². The van der Waals surface area contributed by atoms with Crippen LogP contribution in [0.4, 0.5) is 0 Å². The number of hydrogen-bond donors (Lipinski definition) is 2. The zero-order chi connectivity index (χ0) is 14.4. The fourth-order valence-corrected chi connectivity index (χ4v) is 6.85. The SMILES string of the molecule is CC(NC1CCCCC1CO)C12CC3CC(CC(C3)C1)C2. The summed E-state index contributed by atoms with van der Waals surface area (Å²) in [4.78, 5) is 0. The molecule has 21 heavy (non-hydrogen) atoms. The van der Waals surface area contributed by atoms with Gasteiger partial charge in [0.05, 0.1) is 0 Å². The molecular weight excluding hydrogens is 258 g/mol. The van der Waals surface area contributed by atoms with Gasteiger partial charge in [0.1, 0.15) is 0 Å². The molecule has 5 aliphatic rings. The molecule has 3 atom stereocenters. The molecule has 5 aliphatic carbocycles. The molecule has 0 saturated heterocycles. The fraction of sp³-hybridized carbons (Fsp3) is 1.00. The van der Waals surface area contributed by atoms with Gasteiger partial charge >= 0.3 is 0 Å². The van der Waals surface area contributed by atoms with Crippen molar-refractivity contribution < 1.29 is 5.11 Å². The first-order valence-electron chi connectivity index (χ1n) is 9.55. The highest BCUT2D eigenvalue weighted by molar-refractivity contribution is 5.05. The van der Waals surface area contributed by atoms with Crippen molar-refractivity contribution in [1.29, 1.82) is 0 Å². The topological polar surface area (TPSA) is 32.3 Å². The summed E-state index contributed by atoms with van der Waals surface area (Å²) in [5.74, 6) is 3.64. The number of nitrogens with one attached hydrogen (secondary N) is 1. The lowest BCUT2D eigenvalue weighted by atomic mass is 9.48. The van der Waals surface area contributed by atoms with Gasteiger partial charge in [-0.3, -0.25) is 0 Å². The van der Waals surface area contributed by atoms with Crippen molar-refractivity contribution in [2.24, 2.45) is 29.1 Å². The first-order chi connectivity index (χ1) is 10.2. The summed E-state index contributed by atoms with van der Waals surface area (Å²) in [6.45, 7) is 2.85. The van der Waals surface area contributed by atoms with Gasteiger partial charge in [0, 0.05) is 18.7 Å². The molecule has 0 aromatic heterocycles. The second kappa shape index (κ2) is 5.53. The van der Waals surface area contributed by atoms with Crippen LogP contribution in [0.1, 0.15) is 71.1 Å². The van der Waals surface area contributed by atoms with Gasteiger partial charge in [0.25, 0.3) is 0 Å². The average Bonchev–Trinajstić information content (AvgIpc) is 2.46. The van der Waals surface area contributed by atoms with E-state index in [2.05, 4.69) is 12.2 Å². The molecule has 0 aromatic carbocycles. The maximum Gasteiger partial charge on any atom is 0.0474 e. The molecule has 0 radical (unpaired) electrons. The Morgan fingerprint density at radius 2 is 1.57 bits per heavy atom. The van der Waals surface area contributed by atoms with Crippen LogP contribution < -0.4 is 5.32 Å². The van der Waals surface area contributed by atoms with Crippen molar-refractivity contribution in [2.45, 2.75) is 83.2 Å². The predicted molar refractivity (Wildman–Crippen MR) is 86.0 cm³/mol. The van der Waals surface area contributed by atoms with E-state index in [0.717, 1.165) is 17.8 Å². The van der Waals surface area contributed by atoms with Crippen molar-refractivity contribution in [3.63, 3.8) is 0 Å². The van der Waals surface area contributed by atoms with E-state index in [9.17, 15) is 5.11 Å². The molecule has 0 aromatic rings. The van der Waals surface area contributed by atoms with Gasteiger partial charge < -0.3 is 10.4 Å². The second-order valence-corrected chi connectivity index (χ2v) is 9.00. The number of rotatable bonds is 4. The largest absolute Gasteiger partial charge is 0.396 e. The van der Waals surface area contributed by atoms with Crippen LogP contribution in [0.2, 0.25) is 0 Å². The molecule has 5 rings (SSSR count). The molecule has 120 valence electrons. The molecule has 0 aliphatic heterocycles. The van der Waals surface area contributed by atoms with Gasteiger partial charge in [0.2, 0.25) is 0 Å². The van der Waals surface area contributed by atoms with E-state index < -0.39 is 0 Å². The van der Waals surface area contributed by atoms with Crippen LogP contribution >= 0.6 is 0 Å². The predicted octanol–water partition coefficient (Wildman–Crippen LogP) is 3.73. The zero-order valence-electron chi connectivity index (χ0n) is 13.7. The van der Waals surface area contributed by atoms with E-state index in [0.29, 0.717) is 30.0 Å². The highest BCUT2D eigenvalue weighted by Crippen LogP contribution is 2.61. The summed E-state index contributed by atoms with van der Waals surface area (Å²) >= 11 is 0. The third kappa shape index (κ3) is 2.57. The molecule has 5 fully saturated rings. The lowest BCUT2D eigenvalue weighted by Crippen LogP contribution is -2.57. The van der Waals surface area contributed by atoms with Crippen molar-refractivity contribution in [1.82, 2.24) is 5.32 Å². The number of aliphatic hydroxyl groups is 1. The normalized spacial score (nSPS) is 50.3. The molecule has 2 N–H and O–H groups in total. The third-order valence-corrected chi connectivity index (χ3v) is 7.61. The van der Waals surface area contributed by atoms with Gasteiger partial charge in [-0.15, -0.1) is 0 Å². The first kappa shape index (κ1) is 14.5. The summed E-state index contributed by atoms with van der Waals surface area (Å²) in [7, 11) is 0. The lowest BCUT2D eigenvalue weighted by Gasteiger charge is -2.59. The Morgan fingerprint density at radius 3 is 2.14 bits per heavy atom.